The largest absolute Gasteiger partial charge is 0.355 e. The van der Waals surface area contributed by atoms with Gasteiger partial charge >= 0.3 is 0 Å². The molecule has 4 nitrogen and oxygen atoms in total. The second-order valence-electron chi connectivity index (χ2n) is 4.98. The van der Waals surface area contributed by atoms with E-state index in [1.54, 1.807) is 12.1 Å². The quantitative estimate of drug-likeness (QED) is 0.810. The average Bonchev–Trinajstić information content (AvgIpc) is 2.93. The minimum absolute atomic E-state index is 0. The van der Waals surface area contributed by atoms with Crippen molar-refractivity contribution in [3.8, 4) is 10.6 Å². The van der Waals surface area contributed by atoms with E-state index < -0.39 is 0 Å². The van der Waals surface area contributed by atoms with Crippen LogP contribution < -0.4 is 11.1 Å². The maximum absolute atomic E-state index is 13.2. The van der Waals surface area contributed by atoms with Gasteiger partial charge in [-0.1, -0.05) is 19.1 Å². The van der Waals surface area contributed by atoms with Crippen molar-refractivity contribution in [2.24, 2.45) is 11.7 Å². The SMILES string of the molecule is CC(CN)CNC(=O)Cc1csc(-c2cccc(F)c2)n1.Cl.Cl. The third-order valence-electron chi connectivity index (χ3n) is 3.02. The standard InChI is InChI=1S/C15H18FN3OS.2ClH/c1-10(7-17)8-18-14(20)6-13-9-21-15(19-13)11-3-2-4-12(16)5-11;;/h2-5,9-10H,6-8,17H2,1H3,(H,18,20);2*1H. The molecule has 1 unspecified atom stereocenters. The molecular formula is C15H20Cl2FN3OS. The summed E-state index contributed by atoms with van der Waals surface area (Å²) in [5, 5.41) is 5.37. The van der Waals surface area contributed by atoms with Crippen molar-refractivity contribution in [1.82, 2.24) is 10.3 Å². The Bertz CT molecular complexity index is 624. The highest BCUT2D eigenvalue weighted by Gasteiger charge is 2.10. The van der Waals surface area contributed by atoms with Crippen molar-refractivity contribution in [1.29, 1.82) is 0 Å². The molecule has 128 valence electrons. The first kappa shape index (κ1) is 21.8. The molecule has 0 aliphatic rings. The number of nitrogens with zero attached hydrogens (tertiary/aromatic N) is 1. The first-order valence-electron chi connectivity index (χ1n) is 6.75. The fourth-order valence-corrected chi connectivity index (χ4v) is 2.56. The van der Waals surface area contributed by atoms with Gasteiger partial charge in [0, 0.05) is 17.5 Å². The van der Waals surface area contributed by atoms with Crippen molar-refractivity contribution in [3.63, 3.8) is 0 Å². The van der Waals surface area contributed by atoms with Crippen LogP contribution in [0.1, 0.15) is 12.6 Å². The number of rotatable bonds is 6. The van der Waals surface area contributed by atoms with Gasteiger partial charge < -0.3 is 11.1 Å². The van der Waals surface area contributed by atoms with Crippen molar-refractivity contribution in [2.45, 2.75) is 13.3 Å². The third-order valence-corrected chi connectivity index (χ3v) is 3.96. The van der Waals surface area contributed by atoms with Crippen LogP contribution in [0.2, 0.25) is 0 Å². The summed E-state index contributed by atoms with van der Waals surface area (Å²) in [6.45, 7) is 3.09. The molecule has 2 aromatic rings. The van der Waals surface area contributed by atoms with Crippen LogP contribution in [0.25, 0.3) is 10.6 Å². The van der Waals surface area contributed by atoms with E-state index >= 15 is 0 Å². The number of benzene rings is 1. The van der Waals surface area contributed by atoms with Gasteiger partial charge in [-0.05, 0) is 24.6 Å². The molecule has 8 heteroatoms. The number of thiazole rings is 1. The van der Waals surface area contributed by atoms with Crippen molar-refractivity contribution in [2.75, 3.05) is 13.1 Å². The summed E-state index contributed by atoms with van der Waals surface area (Å²) in [5.74, 6) is -0.114. The summed E-state index contributed by atoms with van der Waals surface area (Å²) in [6.07, 6.45) is 0.225. The Labute approximate surface area is 151 Å². The number of hydrogen-bond acceptors (Lipinski definition) is 4. The number of aromatic nitrogens is 1. The van der Waals surface area contributed by atoms with Crippen LogP contribution in [-0.4, -0.2) is 24.0 Å². The van der Waals surface area contributed by atoms with Crippen LogP contribution in [0.15, 0.2) is 29.6 Å². The lowest BCUT2D eigenvalue weighted by Gasteiger charge is -2.09. The highest BCUT2D eigenvalue weighted by Crippen LogP contribution is 2.24. The number of carbonyl (C=O) groups excluding carboxylic acids is 1. The van der Waals surface area contributed by atoms with Gasteiger partial charge in [0.1, 0.15) is 10.8 Å². The van der Waals surface area contributed by atoms with E-state index in [-0.39, 0.29) is 48.9 Å². The van der Waals surface area contributed by atoms with E-state index in [1.807, 2.05) is 12.3 Å². The Hall–Kier alpha value is -1.21. The maximum atomic E-state index is 13.2. The Kier molecular flexibility index (Phi) is 9.99. The molecule has 23 heavy (non-hydrogen) atoms. The molecule has 0 spiro atoms. The molecule has 1 aromatic carbocycles. The van der Waals surface area contributed by atoms with E-state index in [4.69, 9.17) is 5.73 Å². The number of nitrogens with two attached hydrogens (primary N) is 1. The molecule has 0 aliphatic heterocycles. The van der Waals surface area contributed by atoms with Gasteiger partial charge in [-0.15, -0.1) is 36.2 Å². The summed E-state index contributed by atoms with van der Waals surface area (Å²) < 4.78 is 13.2. The number of nitrogens with one attached hydrogen (secondary N) is 1. The molecule has 0 bridgehead atoms. The van der Waals surface area contributed by atoms with E-state index in [2.05, 4.69) is 10.3 Å². The normalized spacial score (nSPS) is 11.1. The lowest BCUT2D eigenvalue weighted by molar-refractivity contribution is -0.120. The smallest absolute Gasteiger partial charge is 0.226 e. The number of halogens is 3. The Morgan fingerprint density at radius 3 is 2.83 bits per heavy atom. The first-order valence-corrected chi connectivity index (χ1v) is 7.63. The van der Waals surface area contributed by atoms with Crippen molar-refractivity contribution in [3.05, 3.63) is 41.2 Å². The van der Waals surface area contributed by atoms with Crippen LogP contribution >= 0.6 is 36.2 Å². The Morgan fingerprint density at radius 2 is 2.17 bits per heavy atom. The summed E-state index contributed by atoms with van der Waals surface area (Å²) in [4.78, 5) is 16.2. The molecule has 0 saturated carbocycles. The lowest BCUT2D eigenvalue weighted by atomic mass is 10.2. The second-order valence-corrected chi connectivity index (χ2v) is 5.83. The molecular weight excluding hydrogens is 360 g/mol. The van der Waals surface area contributed by atoms with Gasteiger partial charge in [0.25, 0.3) is 0 Å². The van der Waals surface area contributed by atoms with Gasteiger partial charge in [0.05, 0.1) is 12.1 Å². The maximum Gasteiger partial charge on any atom is 0.226 e. The van der Waals surface area contributed by atoms with Crippen LogP contribution in [-0.2, 0) is 11.2 Å². The minimum Gasteiger partial charge on any atom is -0.355 e. The zero-order valence-electron chi connectivity index (χ0n) is 12.6. The predicted molar refractivity (Wildman–Crippen MR) is 96.9 cm³/mol. The molecule has 1 heterocycles. The predicted octanol–water partition coefficient (Wildman–Crippen LogP) is 3.05. The monoisotopic (exact) mass is 379 g/mol. The van der Waals surface area contributed by atoms with E-state index in [0.717, 1.165) is 5.56 Å². The fourth-order valence-electron chi connectivity index (χ4n) is 1.74. The van der Waals surface area contributed by atoms with E-state index in [9.17, 15) is 9.18 Å². The summed E-state index contributed by atoms with van der Waals surface area (Å²) in [5.41, 5.74) is 6.92. The zero-order valence-corrected chi connectivity index (χ0v) is 15.1. The highest BCUT2D eigenvalue weighted by molar-refractivity contribution is 7.13. The van der Waals surface area contributed by atoms with Gasteiger partial charge in [-0.3, -0.25) is 4.79 Å². The summed E-state index contributed by atoms with van der Waals surface area (Å²) in [7, 11) is 0. The lowest BCUT2D eigenvalue weighted by Crippen LogP contribution is -2.32. The molecule has 1 amide bonds. The fraction of sp³-hybridized carbons (Fsp3) is 0.333. The third kappa shape index (κ3) is 6.83. The van der Waals surface area contributed by atoms with Gasteiger partial charge in [0.15, 0.2) is 0 Å². The van der Waals surface area contributed by atoms with Crippen LogP contribution in [0.4, 0.5) is 4.39 Å². The van der Waals surface area contributed by atoms with Gasteiger partial charge in [-0.25, -0.2) is 9.37 Å². The molecule has 1 atom stereocenters. The van der Waals surface area contributed by atoms with Crippen molar-refractivity contribution < 1.29 is 9.18 Å². The Balaban J connectivity index is 0.00000242. The van der Waals surface area contributed by atoms with Crippen LogP contribution in [0.3, 0.4) is 0 Å². The number of hydrogen-bond donors (Lipinski definition) is 2. The van der Waals surface area contributed by atoms with Gasteiger partial charge in [0.2, 0.25) is 5.91 Å². The number of carbonyl (C=O) groups is 1. The Morgan fingerprint density at radius 1 is 1.43 bits per heavy atom. The molecule has 0 fully saturated rings. The van der Waals surface area contributed by atoms with Crippen molar-refractivity contribution >= 4 is 42.1 Å². The minimum atomic E-state index is -0.294. The molecule has 2 rings (SSSR count). The molecule has 0 radical (unpaired) electrons. The molecule has 0 saturated heterocycles. The molecule has 3 N–H and O–H groups in total. The molecule has 0 aliphatic carbocycles. The van der Waals surface area contributed by atoms with E-state index in [1.165, 1.54) is 23.5 Å². The summed E-state index contributed by atoms with van der Waals surface area (Å²) in [6, 6.07) is 6.27. The average molecular weight is 380 g/mol. The zero-order chi connectivity index (χ0) is 15.2. The van der Waals surface area contributed by atoms with Crippen LogP contribution in [0.5, 0.6) is 0 Å². The highest BCUT2D eigenvalue weighted by atomic mass is 35.5. The van der Waals surface area contributed by atoms with E-state index in [0.29, 0.717) is 23.8 Å². The first-order chi connectivity index (χ1) is 10.1. The summed E-state index contributed by atoms with van der Waals surface area (Å²) >= 11 is 1.40. The number of amides is 1. The van der Waals surface area contributed by atoms with Crippen LogP contribution in [0, 0.1) is 11.7 Å². The van der Waals surface area contributed by atoms with Gasteiger partial charge in [-0.2, -0.15) is 0 Å². The second kappa shape index (κ2) is 10.5. The molecule has 1 aromatic heterocycles. The topological polar surface area (TPSA) is 68.0 Å².